The number of imidazole rings is 1. The van der Waals surface area contributed by atoms with Crippen LogP contribution >= 0.6 is 37.2 Å². The molecule has 3 amide bonds. The molecular weight excluding hydrogens is 777 g/mol. The number of aromatic nitrogens is 3. The van der Waals surface area contributed by atoms with Gasteiger partial charge in [0.05, 0.1) is 36.2 Å². The molecule has 56 heavy (non-hydrogen) atoms. The van der Waals surface area contributed by atoms with Crippen LogP contribution in [-0.4, -0.2) is 96.5 Å². The van der Waals surface area contributed by atoms with Crippen molar-refractivity contribution in [3.63, 3.8) is 0 Å². The second kappa shape index (κ2) is 21.4. The van der Waals surface area contributed by atoms with Gasteiger partial charge >= 0.3 is 0 Å². The molecule has 3 aromatic carbocycles. The SMILES string of the molecule is COc1cc(C(=O)N(C)c2ccc(C)cc2OCCCCCC(=O)N2CCN(C)CC2)ccc1NC(=O)c1cccc2[nH]c(Cc3ccccn3)nc12.Cl.Cl.Cl. The van der Waals surface area contributed by atoms with Gasteiger partial charge in [0.1, 0.15) is 22.8 Å². The number of hydrogen-bond donors (Lipinski definition) is 2. The van der Waals surface area contributed by atoms with Crippen molar-refractivity contribution in [2.75, 3.05) is 64.2 Å². The predicted octanol–water partition coefficient (Wildman–Crippen LogP) is 7.37. The van der Waals surface area contributed by atoms with Gasteiger partial charge in [0.2, 0.25) is 5.91 Å². The van der Waals surface area contributed by atoms with E-state index in [1.807, 2.05) is 54.3 Å². The summed E-state index contributed by atoms with van der Waals surface area (Å²) < 4.78 is 11.8. The largest absolute Gasteiger partial charge is 0.495 e. The van der Waals surface area contributed by atoms with E-state index in [0.717, 1.165) is 62.2 Å². The van der Waals surface area contributed by atoms with Gasteiger partial charge in [-0.1, -0.05) is 18.2 Å². The molecule has 1 saturated heterocycles. The highest BCUT2D eigenvalue weighted by atomic mass is 35.5. The Kier molecular flexibility index (Phi) is 17.4. The Labute approximate surface area is 346 Å². The van der Waals surface area contributed by atoms with Crippen LogP contribution in [0.2, 0.25) is 0 Å². The van der Waals surface area contributed by atoms with Gasteiger partial charge in [0.15, 0.2) is 0 Å². The van der Waals surface area contributed by atoms with Crippen LogP contribution in [0.1, 0.15) is 63.5 Å². The summed E-state index contributed by atoms with van der Waals surface area (Å²) in [5.74, 6) is 1.26. The van der Waals surface area contributed by atoms with Crippen molar-refractivity contribution in [2.24, 2.45) is 0 Å². The van der Waals surface area contributed by atoms with Crippen molar-refractivity contribution in [3.8, 4) is 11.5 Å². The highest BCUT2D eigenvalue weighted by Crippen LogP contribution is 2.32. The molecule has 0 atom stereocenters. The number of unbranched alkanes of at least 4 members (excludes halogenated alkanes) is 2. The van der Waals surface area contributed by atoms with E-state index >= 15 is 0 Å². The summed E-state index contributed by atoms with van der Waals surface area (Å²) in [6.07, 6.45) is 5.29. The number of aromatic amines is 1. The van der Waals surface area contributed by atoms with Crippen molar-refractivity contribution in [2.45, 2.75) is 39.0 Å². The lowest BCUT2D eigenvalue weighted by molar-refractivity contribution is -0.132. The van der Waals surface area contributed by atoms with Gasteiger partial charge in [-0.25, -0.2) is 4.98 Å². The lowest BCUT2D eigenvalue weighted by Crippen LogP contribution is -2.47. The average molecular weight is 827 g/mol. The van der Waals surface area contributed by atoms with Gasteiger partial charge < -0.3 is 34.5 Å². The van der Waals surface area contributed by atoms with Crippen LogP contribution in [0, 0.1) is 6.92 Å². The Morgan fingerprint density at radius 1 is 0.893 bits per heavy atom. The first kappa shape index (κ1) is 45.5. The van der Waals surface area contributed by atoms with Crippen molar-refractivity contribution >= 4 is 77.4 Å². The molecule has 12 nitrogen and oxygen atoms in total. The number of methoxy groups -OCH3 is 1. The van der Waals surface area contributed by atoms with Gasteiger partial charge in [-0.3, -0.25) is 19.4 Å². The van der Waals surface area contributed by atoms with Crippen LogP contribution in [0.25, 0.3) is 11.0 Å². The molecule has 0 aliphatic carbocycles. The fourth-order valence-corrected chi connectivity index (χ4v) is 6.41. The van der Waals surface area contributed by atoms with Crippen LogP contribution in [0.3, 0.4) is 0 Å². The number of aryl methyl sites for hydroxylation is 1. The summed E-state index contributed by atoms with van der Waals surface area (Å²) >= 11 is 0. The van der Waals surface area contributed by atoms with Crippen molar-refractivity contribution in [1.82, 2.24) is 24.8 Å². The lowest BCUT2D eigenvalue weighted by atomic mass is 10.1. The molecule has 1 aliphatic rings. The second-order valence-corrected chi connectivity index (χ2v) is 13.4. The van der Waals surface area contributed by atoms with Gasteiger partial charge in [-0.05, 0) is 93.4 Å². The number of rotatable bonds is 14. The van der Waals surface area contributed by atoms with E-state index in [-0.39, 0.29) is 54.9 Å². The fraction of sp³-hybridized carbons (Fsp3) is 0.341. The molecule has 6 rings (SSSR count). The molecule has 2 N–H and O–H groups in total. The number of benzene rings is 3. The minimum Gasteiger partial charge on any atom is -0.495 e. The van der Waals surface area contributed by atoms with E-state index < -0.39 is 0 Å². The number of ether oxygens (including phenoxy) is 2. The Balaban J connectivity index is 0.00000280. The van der Waals surface area contributed by atoms with E-state index in [4.69, 9.17) is 14.5 Å². The maximum Gasteiger partial charge on any atom is 0.258 e. The fourth-order valence-electron chi connectivity index (χ4n) is 6.41. The summed E-state index contributed by atoms with van der Waals surface area (Å²) in [7, 11) is 5.28. The minimum absolute atomic E-state index is 0. The van der Waals surface area contributed by atoms with E-state index in [1.54, 1.807) is 48.5 Å². The third kappa shape index (κ3) is 11.3. The number of para-hydroxylation sites is 1. The quantitative estimate of drug-likeness (QED) is 0.111. The molecule has 15 heteroatoms. The van der Waals surface area contributed by atoms with Gasteiger partial charge in [0, 0.05) is 63.5 Å². The van der Waals surface area contributed by atoms with Crippen LogP contribution in [-0.2, 0) is 11.2 Å². The Morgan fingerprint density at radius 3 is 2.41 bits per heavy atom. The number of carbonyl (C=O) groups excluding carboxylic acids is 3. The molecule has 3 heterocycles. The van der Waals surface area contributed by atoms with Crippen molar-refractivity contribution < 1.29 is 23.9 Å². The highest BCUT2D eigenvalue weighted by molar-refractivity contribution is 6.12. The average Bonchev–Trinajstić information content (AvgIpc) is 3.59. The summed E-state index contributed by atoms with van der Waals surface area (Å²) in [4.78, 5) is 58.0. The standard InChI is InChI=1S/C41H47N7O5.3ClH/c1-28-15-18-34(36(25-28)53-24-9-5-6-14-38(49)48-22-20-46(2)21-23-48)47(3)41(51)29-16-17-32(35(26-29)52-4)44-40(50)31-12-10-13-33-39(31)45-37(43-33)27-30-11-7-8-19-42-30;;;/h7-8,10-13,15-19,25-26H,5-6,9,14,20-24,27H2,1-4H3,(H,43,45)(H,44,50);3*1H. The lowest BCUT2D eigenvalue weighted by Gasteiger charge is -2.32. The molecule has 0 spiro atoms. The van der Waals surface area contributed by atoms with E-state index in [1.165, 1.54) is 7.11 Å². The molecule has 1 fully saturated rings. The van der Waals surface area contributed by atoms with Gasteiger partial charge in [-0.15, -0.1) is 37.2 Å². The third-order valence-corrected chi connectivity index (χ3v) is 9.51. The van der Waals surface area contributed by atoms with Crippen LogP contribution in [0.5, 0.6) is 11.5 Å². The zero-order valence-corrected chi connectivity index (χ0v) is 34.5. The first-order chi connectivity index (χ1) is 25.7. The number of pyridine rings is 1. The van der Waals surface area contributed by atoms with Crippen LogP contribution in [0.4, 0.5) is 11.4 Å². The third-order valence-electron chi connectivity index (χ3n) is 9.51. The van der Waals surface area contributed by atoms with Crippen LogP contribution < -0.4 is 19.7 Å². The highest BCUT2D eigenvalue weighted by Gasteiger charge is 2.22. The van der Waals surface area contributed by atoms with E-state index in [9.17, 15) is 14.4 Å². The van der Waals surface area contributed by atoms with Crippen molar-refractivity contribution in [3.05, 3.63) is 107 Å². The zero-order chi connectivity index (χ0) is 37.3. The summed E-state index contributed by atoms with van der Waals surface area (Å²) in [6, 6.07) is 21.8. The first-order valence-electron chi connectivity index (χ1n) is 18.0. The Bertz CT molecular complexity index is 2070. The molecular formula is C41H50Cl3N7O5. The molecule has 2 aromatic heterocycles. The number of hydrogen-bond acceptors (Lipinski definition) is 8. The molecule has 5 aromatic rings. The number of likely N-dealkylation sites (N-methyl/N-ethyl adjacent to an activating group) is 1. The number of anilines is 2. The number of H-pyrrole nitrogens is 1. The van der Waals surface area contributed by atoms with Crippen molar-refractivity contribution in [1.29, 1.82) is 0 Å². The number of halogens is 3. The molecule has 300 valence electrons. The normalized spacial score (nSPS) is 12.5. The summed E-state index contributed by atoms with van der Waals surface area (Å²) in [6.45, 7) is 5.90. The molecule has 0 bridgehead atoms. The number of nitrogens with zero attached hydrogens (tertiary/aromatic N) is 5. The Hall–Kier alpha value is -4.88. The number of nitrogens with one attached hydrogen (secondary N) is 2. The topological polar surface area (TPSA) is 133 Å². The van der Waals surface area contributed by atoms with Gasteiger partial charge in [0.25, 0.3) is 11.8 Å². The number of carbonyl (C=O) groups is 3. The summed E-state index contributed by atoms with van der Waals surface area (Å²) in [5.41, 5.74) is 5.01. The zero-order valence-electron chi connectivity index (χ0n) is 32.1. The molecule has 0 unspecified atom stereocenters. The smallest absolute Gasteiger partial charge is 0.258 e. The van der Waals surface area contributed by atoms with E-state index in [2.05, 4.69) is 27.2 Å². The number of fused-ring (bicyclic) bond motifs is 1. The maximum atomic E-state index is 13.8. The molecule has 1 aliphatic heterocycles. The van der Waals surface area contributed by atoms with Gasteiger partial charge in [-0.2, -0.15) is 0 Å². The second-order valence-electron chi connectivity index (χ2n) is 13.4. The predicted molar refractivity (Wildman–Crippen MR) is 228 cm³/mol. The number of piperazine rings is 1. The summed E-state index contributed by atoms with van der Waals surface area (Å²) in [5, 5.41) is 2.94. The van der Waals surface area contributed by atoms with E-state index in [0.29, 0.717) is 64.8 Å². The molecule has 0 saturated carbocycles. The monoisotopic (exact) mass is 825 g/mol. The number of amides is 3. The van der Waals surface area contributed by atoms with Crippen LogP contribution in [0.15, 0.2) is 79.0 Å². The Morgan fingerprint density at radius 2 is 1.68 bits per heavy atom. The maximum absolute atomic E-state index is 13.8. The molecule has 0 radical (unpaired) electrons. The minimum atomic E-state index is -0.357. The first-order valence-corrected chi connectivity index (χ1v) is 18.0.